The van der Waals surface area contributed by atoms with E-state index in [1.807, 2.05) is 24.0 Å². The molecule has 1 aromatic carbocycles. The van der Waals surface area contributed by atoms with E-state index in [4.69, 9.17) is 9.47 Å². The maximum absolute atomic E-state index is 13.5. The molecule has 2 heterocycles. The summed E-state index contributed by atoms with van der Waals surface area (Å²) in [7, 11) is 3.30. The highest BCUT2D eigenvalue weighted by Gasteiger charge is 2.36. The molecule has 0 aliphatic carbocycles. The number of nitrogens with zero attached hydrogens (tertiary/aromatic N) is 1. The first kappa shape index (κ1) is 21.7. The van der Waals surface area contributed by atoms with Gasteiger partial charge in [-0.1, -0.05) is 13.0 Å². The van der Waals surface area contributed by atoms with Gasteiger partial charge in [-0.2, -0.15) is 0 Å². The Labute approximate surface area is 178 Å². The monoisotopic (exact) mass is 416 g/mol. The summed E-state index contributed by atoms with van der Waals surface area (Å²) in [6, 6.07) is 7.87. The van der Waals surface area contributed by atoms with Crippen LogP contribution in [0, 0.1) is 0 Å². The molecule has 1 amide bonds. The van der Waals surface area contributed by atoms with E-state index < -0.39 is 0 Å². The predicted octanol–water partition coefficient (Wildman–Crippen LogP) is 4.41. The number of ether oxygens (including phenoxy) is 2. The van der Waals surface area contributed by atoms with Crippen molar-refractivity contribution in [2.45, 2.75) is 58.2 Å². The molecular weight excluding hydrogens is 384 g/mol. The van der Waals surface area contributed by atoms with Crippen molar-refractivity contribution >= 4 is 17.2 Å². The van der Waals surface area contributed by atoms with Gasteiger partial charge in [0.2, 0.25) is 5.91 Å². The lowest BCUT2D eigenvalue weighted by atomic mass is 9.90. The summed E-state index contributed by atoms with van der Waals surface area (Å²) in [6.45, 7) is 9.06. The summed E-state index contributed by atoms with van der Waals surface area (Å²) in [5, 5.41) is 5.57. The van der Waals surface area contributed by atoms with E-state index in [0.29, 0.717) is 12.3 Å². The van der Waals surface area contributed by atoms with Crippen LogP contribution in [-0.4, -0.2) is 43.2 Å². The molecule has 1 N–H and O–H groups in total. The zero-order valence-electron chi connectivity index (χ0n) is 18.2. The van der Waals surface area contributed by atoms with Crippen LogP contribution < -0.4 is 14.8 Å². The molecule has 5 nitrogen and oxygen atoms in total. The fourth-order valence-corrected chi connectivity index (χ4v) is 4.79. The quantitative estimate of drug-likeness (QED) is 0.727. The second-order valence-electron chi connectivity index (χ2n) is 8.21. The largest absolute Gasteiger partial charge is 0.493 e. The minimum absolute atomic E-state index is 0.0855. The molecule has 0 saturated heterocycles. The molecule has 1 aliphatic rings. The van der Waals surface area contributed by atoms with Crippen LogP contribution in [0.15, 0.2) is 29.6 Å². The average molecular weight is 417 g/mol. The second kappa shape index (κ2) is 8.76. The number of rotatable bonds is 7. The summed E-state index contributed by atoms with van der Waals surface area (Å²) in [6.07, 6.45) is 1.76. The van der Waals surface area contributed by atoms with Gasteiger partial charge in [-0.05, 0) is 68.3 Å². The van der Waals surface area contributed by atoms with E-state index in [0.717, 1.165) is 29.0 Å². The minimum Gasteiger partial charge on any atom is -0.493 e. The van der Waals surface area contributed by atoms with Gasteiger partial charge in [0.15, 0.2) is 11.5 Å². The zero-order valence-corrected chi connectivity index (χ0v) is 19.1. The van der Waals surface area contributed by atoms with Crippen LogP contribution in [0.3, 0.4) is 0 Å². The van der Waals surface area contributed by atoms with Gasteiger partial charge < -0.3 is 19.7 Å². The normalized spacial score (nSPS) is 17.6. The molecule has 1 aliphatic heterocycles. The third kappa shape index (κ3) is 4.43. The molecule has 6 heteroatoms. The lowest BCUT2D eigenvalue weighted by molar-refractivity contribution is -0.135. The van der Waals surface area contributed by atoms with Gasteiger partial charge in [0.1, 0.15) is 0 Å². The van der Waals surface area contributed by atoms with Gasteiger partial charge in [0.25, 0.3) is 0 Å². The van der Waals surface area contributed by atoms with Gasteiger partial charge in [-0.15, -0.1) is 11.3 Å². The number of thiophene rings is 1. The summed E-state index contributed by atoms with van der Waals surface area (Å²) in [5.41, 5.74) is 2.24. The maximum Gasteiger partial charge on any atom is 0.240 e. The van der Waals surface area contributed by atoms with Crippen LogP contribution >= 0.6 is 11.3 Å². The van der Waals surface area contributed by atoms with Crippen molar-refractivity contribution in [1.29, 1.82) is 0 Å². The molecule has 1 aromatic heterocycles. The molecule has 29 heavy (non-hydrogen) atoms. The first-order chi connectivity index (χ1) is 13.8. The van der Waals surface area contributed by atoms with Crippen molar-refractivity contribution < 1.29 is 14.3 Å². The van der Waals surface area contributed by atoms with Crippen molar-refractivity contribution in [1.82, 2.24) is 10.2 Å². The Hall–Kier alpha value is -2.05. The maximum atomic E-state index is 13.5. The molecule has 0 fully saturated rings. The Bertz CT molecular complexity index is 848. The first-order valence-corrected chi connectivity index (χ1v) is 11.1. The van der Waals surface area contributed by atoms with Crippen LogP contribution in [0.1, 0.15) is 56.2 Å². The van der Waals surface area contributed by atoms with Crippen LogP contribution in [-0.2, 0) is 11.2 Å². The Kier molecular flexibility index (Phi) is 6.54. The van der Waals surface area contributed by atoms with E-state index in [2.05, 4.69) is 43.6 Å². The van der Waals surface area contributed by atoms with Crippen LogP contribution in [0.5, 0.6) is 11.5 Å². The van der Waals surface area contributed by atoms with Gasteiger partial charge in [0, 0.05) is 17.0 Å². The van der Waals surface area contributed by atoms with E-state index in [1.165, 1.54) is 5.56 Å². The molecule has 3 rings (SSSR count). The fraction of sp³-hybridized carbons (Fsp3) is 0.522. The molecule has 0 spiro atoms. The third-order valence-electron chi connectivity index (χ3n) is 5.83. The van der Waals surface area contributed by atoms with Crippen molar-refractivity contribution in [3.8, 4) is 11.5 Å². The van der Waals surface area contributed by atoms with E-state index in [-0.39, 0.29) is 23.5 Å². The van der Waals surface area contributed by atoms with Gasteiger partial charge in [-0.3, -0.25) is 4.79 Å². The van der Waals surface area contributed by atoms with Crippen molar-refractivity contribution in [2.24, 2.45) is 0 Å². The average Bonchev–Trinajstić information content (AvgIpc) is 3.25. The van der Waals surface area contributed by atoms with E-state index >= 15 is 0 Å². The number of nitrogens with one attached hydrogen (secondary N) is 1. The fourth-order valence-electron chi connectivity index (χ4n) is 3.94. The van der Waals surface area contributed by atoms with Crippen LogP contribution in [0.2, 0.25) is 0 Å². The predicted molar refractivity (Wildman–Crippen MR) is 118 cm³/mol. The van der Waals surface area contributed by atoms with Crippen LogP contribution in [0.4, 0.5) is 0 Å². The second-order valence-corrected chi connectivity index (χ2v) is 9.19. The zero-order chi connectivity index (χ0) is 21.2. The number of hydrogen-bond acceptors (Lipinski definition) is 5. The van der Waals surface area contributed by atoms with E-state index in [9.17, 15) is 4.79 Å². The molecule has 2 unspecified atom stereocenters. The van der Waals surface area contributed by atoms with Crippen LogP contribution in [0.25, 0.3) is 0 Å². The number of benzene rings is 1. The molecule has 158 valence electrons. The lowest BCUT2D eigenvalue weighted by Gasteiger charge is -2.40. The number of fused-ring (bicyclic) bond motifs is 1. The van der Waals surface area contributed by atoms with E-state index in [1.54, 1.807) is 25.6 Å². The Balaban J connectivity index is 2.00. The number of hydrogen-bond donors (Lipinski definition) is 1. The van der Waals surface area contributed by atoms with Gasteiger partial charge >= 0.3 is 0 Å². The topological polar surface area (TPSA) is 50.8 Å². The number of amides is 1. The molecule has 2 aromatic rings. The summed E-state index contributed by atoms with van der Waals surface area (Å²) in [4.78, 5) is 16.7. The smallest absolute Gasteiger partial charge is 0.240 e. The third-order valence-corrected chi connectivity index (χ3v) is 6.76. The first-order valence-electron chi connectivity index (χ1n) is 10.2. The molecule has 2 atom stereocenters. The molecular formula is C23H32N2O3S. The summed E-state index contributed by atoms with van der Waals surface area (Å²) >= 11 is 1.68. The minimum atomic E-state index is -0.255. The highest BCUT2D eigenvalue weighted by Crippen LogP contribution is 2.42. The number of carbonyl (C=O) groups is 1. The summed E-state index contributed by atoms with van der Waals surface area (Å²) < 4.78 is 11.0. The molecule has 0 bridgehead atoms. The molecule has 0 saturated carbocycles. The van der Waals surface area contributed by atoms with Gasteiger partial charge in [-0.25, -0.2) is 0 Å². The SMILES string of the molecule is CCC(C)(C)NC(C)C(=O)N1CCc2cc(OC)c(OC)cc2C1c1cccs1. The Morgan fingerprint density at radius 1 is 1.31 bits per heavy atom. The van der Waals surface area contributed by atoms with Crippen molar-refractivity contribution in [3.05, 3.63) is 45.6 Å². The number of methoxy groups -OCH3 is 2. The summed E-state index contributed by atoms with van der Waals surface area (Å²) in [5.74, 6) is 1.56. The standard InChI is InChI=1S/C23H32N2O3S/c1-7-23(3,4)24-15(2)22(26)25-11-10-16-13-18(27-5)19(28-6)14-17(16)21(25)20-9-8-12-29-20/h8-9,12-15,21,24H,7,10-11H2,1-6H3. The highest BCUT2D eigenvalue weighted by molar-refractivity contribution is 7.10. The molecule has 0 radical (unpaired) electrons. The Morgan fingerprint density at radius 3 is 2.59 bits per heavy atom. The number of carbonyl (C=O) groups excluding carboxylic acids is 1. The van der Waals surface area contributed by atoms with Crippen molar-refractivity contribution in [3.63, 3.8) is 0 Å². The Morgan fingerprint density at radius 2 is 2.00 bits per heavy atom. The highest BCUT2D eigenvalue weighted by atomic mass is 32.1. The van der Waals surface area contributed by atoms with Crippen molar-refractivity contribution in [2.75, 3.05) is 20.8 Å². The van der Waals surface area contributed by atoms with Gasteiger partial charge in [0.05, 0.1) is 26.3 Å². The lowest BCUT2D eigenvalue weighted by Crippen LogP contribution is -2.54.